The van der Waals surface area contributed by atoms with Crippen LogP contribution in [0.2, 0.25) is 58.9 Å². The van der Waals surface area contributed by atoms with Gasteiger partial charge in [0, 0.05) is 98.1 Å². The number of anilines is 3. The summed E-state index contributed by atoms with van der Waals surface area (Å²) in [5.41, 5.74) is 3.17. The first-order valence-electron chi connectivity index (χ1n) is 20.0. The van der Waals surface area contributed by atoms with Crippen LogP contribution >= 0.6 is 0 Å². The van der Waals surface area contributed by atoms with Gasteiger partial charge in [0.25, 0.3) is 0 Å². The molecule has 4 rings (SSSR count). The Morgan fingerprint density at radius 3 is 0.931 bits per heavy atom. The van der Waals surface area contributed by atoms with Gasteiger partial charge < -0.3 is 54.5 Å². The van der Waals surface area contributed by atoms with Crippen molar-refractivity contribution in [3.63, 3.8) is 0 Å². The largest absolute Gasteiger partial charge is 0.549 e. The van der Waals surface area contributed by atoms with E-state index < -0.39 is 43.0 Å². The SMILES string of the molecule is CN(C)C1CCN(O)CC1.CN(C)c1ccc(O[Si](C)(O[Si](C)(C)C)O[Si](C)(Oc2ccc(N(C)C)cc2)O[Si](C)(Oc2ccc(N(C)C)cc2)O[Si](C)(C)C)cc1. The lowest BCUT2D eigenvalue weighted by atomic mass is 10.1. The van der Waals surface area contributed by atoms with E-state index in [0.717, 1.165) is 43.0 Å². The van der Waals surface area contributed by atoms with Crippen LogP contribution in [0.5, 0.6) is 17.2 Å². The summed E-state index contributed by atoms with van der Waals surface area (Å²) in [5, 5.41) is 10.4. The molecule has 1 saturated heterocycles. The van der Waals surface area contributed by atoms with Crippen LogP contribution in [0, 0.1) is 0 Å². The zero-order valence-electron chi connectivity index (χ0n) is 38.4. The van der Waals surface area contributed by atoms with Crippen molar-refractivity contribution in [3.8, 4) is 17.2 Å². The molecule has 0 spiro atoms. The van der Waals surface area contributed by atoms with Gasteiger partial charge in [0.2, 0.25) is 0 Å². The highest BCUT2D eigenvalue weighted by Gasteiger charge is 2.58. The van der Waals surface area contributed by atoms with Gasteiger partial charge in [0.05, 0.1) is 0 Å². The molecule has 1 aliphatic rings. The second-order valence-electron chi connectivity index (χ2n) is 17.8. The molecule has 0 aliphatic carbocycles. The molecule has 0 bridgehead atoms. The number of hydrogen-bond donors (Lipinski definition) is 1. The third-order valence-electron chi connectivity index (χ3n) is 8.87. The number of nitrogens with zero attached hydrogens (tertiary/aromatic N) is 5. The van der Waals surface area contributed by atoms with Crippen molar-refractivity contribution < 1.29 is 34.9 Å². The first-order chi connectivity index (χ1) is 26.7. The Balaban J connectivity index is 0.000000781. The topological polar surface area (TPSA) is 101 Å². The zero-order valence-corrected chi connectivity index (χ0v) is 43.4. The van der Waals surface area contributed by atoms with Crippen LogP contribution in [-0.4, -0.2) is 134 Å². The van der Waals surface area contributed by atoms with E-state index in [-0.39, 0.29) is 0 Å². The summed E-state index contributed by atoms with van der Waals surface area (Å²) in [4.78, 5) is 8.35. The molecule has 0 saturated carbocycles. The number of rotatable bonds is 18. The van der Waals surface area contributed by atoms with Crippen molar-refractivity contribution in [1.82, 2.24) is 9.96 Å². The van der Waals surface area contributed by atoms with Crippen molar-refractivity contribution in [2.75, 3.05) is 84.2 Å². The van der Waals surface area contributed by atoms with Crippen molar-refractivity contribution in [2.24, 2.45) is 0 Å². The fourth-order valence-electron chi connectivity index (χ4n) is 6.42. The summed E-state index contributed by atoms with van der Waals surface area (Å²) < 4.78 is 47.8. The smallest absolute Gasteiger partial charge is 0.502 e. The number of hydrogen-bond acceptors (Lipinski definition) is 13. The molecule has 0 amide bonds. The molecule has 326 valence electrons. The van der Waals surface area contributed by atoms with E-state index in [1.54, 1.807) is 0 Å². The predicted molar refractivity (Wildman–Crippen MR) is 250 cm³/mol. The van der Waals surface area contributed by atoms with Gasteiger partial charge in [0.1, 0.15) is 17.2 Å². The number of benzene rings is 3. The maximum Gasteiger partial charge on any atom is 0.549 e. The molecule has 2 atom stereocenters. The molecule has 13 nitrogen and oxygen atoms in total. The monoisotopic (exact) mass is 891 g/mol. The molecule has 2 unspecified atom stereocenters. The first-order valence-corrected chi connectivity index (χ1v) is 33.5. The lowest BCUT2D eigenvalue weighted by molar-refractivity contribution is -0.113. The van der Waals surface area contributed by atoms with Gasteiger partial charge in [-0.2, -0.15) is 5.06 Å². The van der Waals surface area contributed by atoms with Gasteiger partial charge in [-0.25, -0.2) is 0 Å². The van der Waals surface area contributed by atoms with E-state index >= 15 is 0 Å². The maximum atomic E-state index is 9.02. The normalized spacial score (nSPS) is 17.2. The summed E-state index contributed by atoms with van der Waals surface area (Å²) >= 11 is 0. The second kappa shape index (κ2) is 20.7. The third kappa shape index (κ3) is 17.1. The third-order valence-corrected chi connectivity index (χ3v) is 24.5. The fourth-order valence-corrected chi connectivity index (χ4v) is 25.0. The highest BCUT2D eigenvalue weighted by Crippen LogP contribution is 2.33. The molecule has 3 aromatic rings. The zero-order chi connectivity index (χ0) is 43.7. The van der Waals surface area contributed by atoms with E-state index in [1.807, 2.05) is 149 Å². The minimum Gasteiger partial charge on any atom is -0.502 e. The van der Waals surface area contributed by atoms with Gasteiger partial charge in [0.15, 0.2) is 16.6 Å². The minimum absolute atomic E-state index is 0.606. The highest BCUT2D eigenvalue weighted by atomic mass is 28.5. The fraction of sp³-hybridized carbons (Fsp3) is 0.550. The summed E-state index contributed by atoms with van der Waals surface area (Å²) in [6, 6.07) is 24.3. The van der Waals surface area contributed by atoms with Crippen LogP contribution < -0.4 is 28.0 Å². The summed E-state index contributed by atoms with van der Waals surface area (Å²) in [6.07, 6.45) is 2.17. The predicted octanol–water partition coefficient (Wildman–Crippen LogP) is 8.27. The van der Waals surface area contributed by atoms with E-state index in [1.165, 1.54) is 5.06 Å². The van der Waals surface area contributed by atoms with E-state index in [9.17, 15) is 0 Å². The van der Waals surface area contributed by atoms with Crippen LogP contribution in [0.4, 0.5) is 17.1 Å². The first kappa shape index (κ1) is 49.6. The molecule has 58 heavy (non-hydrogen) atoms. The molecule has 0 radical (unpaired) electrons. The van der Waals surface area contributed by atoms with Gasteiger partial charge >= 0.3 is 26.4 Å². The minimum atomic E-state index is -3.73. The second-order valence-corrected chi connectivity index (χ2v) is 35.3. The molecular formula is C40H73N5O8Si5. The Kier molecular flexibility index (Phi) is 17.7. The lowest BCUT2D eigenvalue weighted by Gasteiger charge is -2.41. The van der Waals surface area contributed by atoms with E-state index in [2.05, 4.69) is 58.3 Å². The molecular weight excluding hydrogens is 819 g/mol. The number of piperidine rings is 1. The van der Waals surface area contributed by atoms with E-state index in [4.69, 9.17) is 34.9 Å². The van der Waals surface area contributed by atoms with E-state index in [0.29, 0.717) is 23.3 Å². The molecule has 3 aromatic carbocycles. The van der Waals surface area contributed by atoms with Gasteiger partial charge in [-0.05, 0) is 139 Å². The maximum absolute atomic E-state index is 9.02. The quantitative estimate of drug-likeness (QED) is 0.124. The average Bonchev–Trinajstić information content (AvgIpc) is 3.07. The van der Waals surface area contributed by atoms with Gasteiger partial charge in [-0.1, -0.05) is 0 Å². The van der Waals surface area contributed by atoms with Crippen molar-refractivity contribution in [2.45, 2.75) is 77.8 Å². The van der Waals surface area contributed by atoms with Crippen LogP contribution in [0.25, 0.3) is 0 Å². The Bertz CT molecular complexity index is 1590. The lowest BCUT2D eigenvalue weighted by Crippen LogP contribution is -2.67. The Morgan fingerprint density at radius 2 is 0.707 bits per heavy atom. The molecule has 0 aromatic heterocycles. The molecule has 1 fully saturated rings. The van der Waals surface area contributed by atoms with Crippen molar-refractivity contribution >= 4 is 60.1 Å². The van der Waals surface area contributed by atoms with Crippen LogP contribution in [0.1, 0.15) is 12.8 Å². The van der Waals surface area contributed by atoms with Crippen molar-refractivity contribution in [1.29, 1.82) is 0 Å². The van der Waals surface area contributed by atoms with Gasteiger partial charge in [-0.15, -0.1) is 0 Å². The van der Waals surface area contributed by atoms with Crippen molar-refractivity contribution in [3.05, 3.63) is 72.8 Å². The Labute approximate surface area is 355 Å². The molecule has 1 heterocycles. The Morgan fingerprint density at radius 1 is 0.448 bits per heavy atom. The molecule has 1 aliphatic heterocycles. The highest BCUT2D eigenvalue weighted by molar-refractivity contribution is 6.87. The average molecular weight is 892 g/mol. The summed E-state index contributed by atoms with van der Waals surface area (Å²) in [6.45, 7) is 20.1. The number of hydroxylamine groups is 2. The van der Waals surface area contributed by atoms with Crippen LogP contribution in [0.3, 0.4) is 0 Å². The summed E-state index contributed by atoms with van der Waals surface area (Å²) in [5.74, 6) is 1.90. The summed E-state index contributed by atoms with van der Waals surface area (Å²) in [7, 11) is 1.10. The molecule has 18 heteroatoms. The van der Waals surface area contributed by atoms with Gasteiger partial charge in [-0.3, -0.25) is 0 Å². The standard InChI is InChI=1S/C33H57N3O7Si5.C7H16N2O/c1-34(2)28-16-22-31(23-17-28)37-46(13,40-44(7,8)9)42-48(15,39-33-26-20-30(21-27-33)36(5)6)43-47(14,41-45(10,11)12)38-32-24-18-29(19-25-32)35(3)4;1-8(2)7-3-5-9(10)6-4-7/h16-27H,1-15H3;7,10H,3-6H2,1-2H3. The van der Waals surface area contributed by atoms with Crippen LogP contribution in [0.15, 0.2) is 72.8 Å². The Hall–Kier alpha value is -2.74. The van der Waals surface area contributed by atoms with Crippen LogP contribution in [-0.2, 0) is 16.5 Å². The molecule has 1 N–H and O–H groups in total.